The van der Waals surface area contributed by atoms with Crippen molar-refractivity contribution in [3.63, 3.8) is 0 Å². The number of ether oxygens (including phenoxy) is 1. The fraction of sp³-hybridized carbons (Fsp3) is 0.333. The lowest BCUT2D eigenvalue weighted by atomic mass is 9.72. The van der Waals surface area contributed by atoms with Crippen LogP contribution >= 0.6 is 11.3 Å². The second kappa shape index (κ2) is 9.48. The van der Waals surface area contributed by atoms with E-state index in [1.165, 1.54) is 17.0 Å². The predicted molar refractivity (Wildman–Crippen MR) is 134 cm³/mol. The van der Waals surface area contributed by atoms with Crippen LogP contribution in [0.25, 0.3) is 0 Å². The van der Waals surface area contributed by atoms with Crippen molar-refractivity contribution in [3.05, 3.63) is 75.9 Å². The Hall–Kier alpha value is -2.99. The standard InChI is InChI=1S/C27H29FN2O2S/c1-27(2,3)18-7-14-22-23(15-18)33-26(29-16-17-5-8-19(28)9-6-17)24(22)25(31)30-20-10-12-21(32-4)13-11-20/h5-6,8-13,16,18H,7,14-15H2,1-4H3,(H,30,31)/t18-/m1/s1. The average molecular weight is 465 g/mol. The van der Waals surface area contributed by atoms with Gasteiger partial charge in [0.15, 0.2) is 0 Å². The summed E-state index contributed by atoms with van der Waals surface area (Å²) in [7, 11) is 1.61. The van der Waals surface area contributed by atoms with Gasteiger partial charge in [0, 0.05) is 16.8 Å². The highest BCUT2D eigenvalue weighted by Crippen LogP contribution is 2.45. The molecule has 0 saturated carbocycles. The first-order valence-corrected chi connectivity index (χ1v) is 12.0. The monoisotopic (exact) mass is 464 g/mol. The fourth-order valence-corrected chi connectivity index (χ4v) is 5.45. The van der Waals surface area contributed by atoms with Gasteiger partial charge >= 0.3 is 0 Å². The van der Waals surface area contributed by atoms with E-state index in [0.29, 0.717) is 22.2 Å². The van der Waals surface area contributed by atoms with Gasteiger partial charge in [0.05, 0.1) is 12.7 Å². The molecule has 6 heteroatoms. The Kier molecular flexibility index (Phi) is 6.66. The highest BCUT2D eigenvalue weighted by molar-refractivity contribution is 7.16. The molecule has 172 valence electrons. The number of fused-ring (bicyclic) bond motifs is 1. The number of rotatable bonds is 5. The molecule has 1 aliphatic rings. The van der Waals surface area contributed by atoms with Gasteiger partial charge in [-0.2, -0.15) is 0 Å². The number of methoxy groups -OCH3 is 1. The van der Waals surface area contributed by atoms with E-state index in [1.54, 1.807) is 36.8 Å². The van der Waals surface area contributed by atoms with Crippen LogP contribution in [0.15, 0.2) is 53.5 Å². The van der Waals surface area contributed by atoms with E-state index < -0.39 is 0 Å². The van der Waals surface area contributed by atoms with Gasteiger partial charge in [-0.1, -0.05) is 32.9 Å². The molecule has 2 aromatic carbocycles. The molecule has 0 aliphatic heterocycles. The topological polar surface area (TPSA) is 50.7 Å². The molecule has 1 aliphatic carbocycles. The summed E-state index contributed by atoms with van der Waals surface area (Å²) in [5.41, 5.74) is 3.47. The first-order chi connectivity index (χ1) is 15.7. The highest BCUT2D eigenvalue weighted by Gasteiger charge is 2.33. The Bertz CT molecular complexity index is 1160. The minimum absolute atomic E-state index is 0.155. The molecule has 0 unspecified atom stereocenters. The molecule has 33 heavy (non-hydrogen) atoms. The fourth-order valence-electron chi connectivity index (χ4n) is 4.19. The zero-order valence-electron chi connectivity index (χ0n) is 19.4. The number of carbonyl (C=O) groups is 1. The lowest BCUT2D eigenvalue weighted by molar-refractivity contribution is 0.102. The molecule has 0 radical (unpaired) electrons. The number of halogens is 1. The minimum Gasteiger partial charge on any atom is -0.497 e. The molecule has 0 spiro atoms. The zero-order valence-corrected chi connectivity index (χ0v) is 20.3. The Labute approximate surface area is 198 Å². The van der Waals surface area contributed by atoms with Crippen molar-refractivity contribution in [2.45, 2.75) is 40.0 Å². The van der Waals surface area contributed by atoms with Crippen LogP contribution in [0.4, 0.5) is 15.1 Å². The zero-order chi connectivity index (χ0) is 23.6. The summed E-state index contributed by atoms with van der Waals surface area (Å²) in [6.45, 7) is 6.84. The third-order valence-corrected chi connectivity index (χ3v) is 7.41. The summed E-state index contributed by atoms with van der Waals surface area (Å²) in [4.78, 5) is 19.3. The van der Waals surface area contributed by atoms with Crippen LogP contribution in [0, 0.1) is 17.2 Å². The highest BCUT2D eigenvalue weighted by atomic mass is 32.1. The molecule has 1 aromatic heterocycles. The van der Waals surface area contributed by atoms with Crippen molar-refractivity contribution >= 4 is 34.1 Å². The SMILES string of the molecule is COc1ccc(NC(=O)c2c(N=Cc3ccc(F)cc3)sc3c2CC[C@@H](C(C)(C)C)C3)cc1. The molecule has 4 rings (SSSR count). The van der Waals surface area contributed by atoms with E-state index in [9.17, 15) is 9.18 Å². The Morgan fingerprint density at radius 3 is 2.48 bits per heavy atom. The van der Waals surface area contributed by atoms with E-state index in [4.69, 9.17) is 4.74 Å². The van der Waals surface area contributed by atoms with Crippen molar-refractivity contribution < 1.29 is 13.9 Å². The van der Waals surface area contributed by atoms with E-state index >= 15 is 0 Å². The van der Waals surface area contributed by atoms with Crippen LogP contribution in [0.5, 0.6) is 5.75 Å². The van der Waals surface area contributed by atoms with Gasteiger partial charge in [-0.3, -0.25) is 4.79 Å². The summed E-state index contributed by atoms with van der Waals surface area (Å²) < 4.78 is 18.5. The Morgan fingerprint density at radius 2 is 1.85 bits per heavy atom. The molecule has 1 atom stereocenters. The van der Waals surface area contributed by atoms with Crippen LogP contribution in [-0.4, -0.2) is 19.2 Å². The van der Waals surface area contributed by atoms with Gasteiger partial charge in [-0.15, -0.1) is 11.3 Å². The van der Waals surface area contributed by atoms with Crippen molar-refractivity contribution in [3.8, 4) is 5.75 Å². The van der Waals surface area contributed by atoms with Crippen molar-refractivity contribution in [2.24, 2.45) is 16.3 Å². The first kappa shape index (κ1) is 23.2. The Morgan fingerprint density at radius 1 is 1.15 bits per heavy atom. The number of anilines is 1. The van der Waals surface area contributed by atoms with E-state index in [2.05, 4.69) is 31.1 Å². The number of nitrogens with one attached hydrogen (secondary N) is 1. The lowest BCUT2D eigenvalue weighted by Crippen LogP contribution is -2.27. The van der Waals surface area contributed by atoms with Gasteiger partial charge in [-0.05, 0) is 78.1 Å². The molecule has 0 saturated heterocycles. The number of nitrogens with zero attached hydrogens (tertiary/aromatic N) is 1. The van der Waals surface area contributed by atoms with E-state index in [-0.39, 0.29) is 17.1 Å². The van der Waals surface area contributed by atoms with Gasteiger partial charge in [0.1, 0.15) is 16.6 Å². The van der Waals surface area contributed by atoms with Crippen LogP contribution in [0.1, 0.15) is 53.6 Å². The van der Waals surface area contributed by atoms with Crippen molar-refractivity contribution in [1.82, 2.24) is 0 Å². The van der Waals surface area contributed by atoms with Crippen molar-refractivity contribution in [1.29, 1.82) is 0 Å². The second-order valence-corrected chi connectivity index (χ2v) is 10.6. The van der Waals surface area contributed by atoms with Crippen LogP contribution in [0.2, 0.25) is 0 Å². The van der Waals surface area contributed by atoms with Gasteiger partial charge in [0.2, 0.25) is 0 Å². The largest absolute Gasteiger partial charge is 0.497 e. The molecule has 3 aromatic rings. The van der Waals surface area contributed by atoms with Crippen LogP contribution in [0.3, 0.4) is 0 Å². The second-order valence-electron chi connectivity index (χ2n) is 9.48. The van der Waals surface area contributed by atoms with E-state index in [0.717, 1.165) is 36.1 Å². The number of carbonyl (C=O) groups excluding carboxylic acids is 1. The van der Waals surface area contributed by atoms with Crippen LogP contribution < -0.4 is 10.1 Å². The molecular formula is C27H29FN2O2S. The molecule has 1 heterocycles. The van der Waals surface area contributed by atoms with E-state index in [1.807, 2.05) is 24.3 Å². The molecule has 0 bridgehead atoms. The van der Waals surface area contributed by atoms with Crippen LogP contribution in [-0.2, 0) is 12.8 Å². The summed E-state index contributed by atoms with van der Waals surface area (Å²) >= 11 is 1.60. The summed E-state index contributed by atoms with van der Waals surface area (Å²) in [6.07, 6.45) is 4.57. The molecule has 1 amide bonds. The molecule has 1 N–H and O–H groups in total. The third-order valence-electron chi connectivity index (χ3n) is 6.25. The molecule has 4 nitrogen and oxygen atoms in total. The number of amides is 1. The number of benzene rings is 2. The lowest BCUT2D eigenvalue weighted by Gasteiger charge is -2.33. The van der Waals surface area contributed by atoms with Crippen molar-refractivity contribution in [2.75, 3.05) is 12.4 Å². The average Bonchev–Trinajstić information content (AvgIpc) is 3.16. The maximum Gasteiger partial charge on any atom is 0.259 e. The maximum atomic E-state index is 13.4. The quantitative estimate of drug-likeness (QED) is 0.411. The third kappa shape index (κ3) is 5.33. The number of hydrogen-bond acceptors (Lipinski definition) is 4. The smallest absolute Gasteiger partial charge is 0.259 e. The maximum absolute atomic E-state index is 13.4. The summed E-state index contributed by atoms with van der Waals surface area (Å²) in [6, 6.07) is 13.5. The van der Waals surface area contributed by atoms with Gasteiger partial charge in [0.25, 0.3) is 5.91 Å². The predicted octanol–water partition coefficient (Wildman–Crippen LogP) is 7.05. The normalized spacial score (nSPS) is 16.0. The summed E-state index contributed by atoms with van der Waals surface area (Å²) in [5.74, 6) is 0.860. The summed E-state index contributed by atoms with van der Waals surface area (Å²) in [5, 5.41) is 3.72. The molecular weight excluding hydrogens is 435 g/mol. The first-order valence-electron chi connectivity index (χ1n) is 11.1. The van der Waals surface area contributed by atoms with Gasteiger partial charge < -0.3 is 10.1 Å². The van der Waals surface area contributed by atoms with Gasteiger partial charge in [-0.25, -0.2) is 9.38 Å². The number of hydrogen-bond donors (Lipinski definition) is 1. The Balaban J connectivity index is 1.67. The number of thiophene rings is 1. The number of aliphatic imine (C=N–C) groups is 1. The molecule has 0 fully saturated rings. The minimum atomic E-state index is -0.286.